The molecule has 104 valence electrons. The summed E-state index contributed by atoms with van der Waals surface area (Å²) in [5.41, 5.74) is 3.84. The van der Waals surface area contributed by atoms with Crippen LogP contribution in [0, 0.1) is 20.8 Å². The second-order valence-electron chi connectivity index (χ2n) is 4.77. The first-order valence-electron chi connectivity index (χ1n) is 6.30. The van der Waals surface area contributed by atoms with E-state index in [0.717, 1.165) is 27.5 Å². The third kappa shape index (κ3) is 2.41. The predicted octanol–water partition coefficient (Wildman–Crippen LogP) is 3.02. The van der Waals surface area contributed by atoms with Gasteiger partial charge >= 0.3 is 0 Å². The minimum Gasteiger partial charge on any atom is -0.307 e. The lowest BCUT2D eigenvalue weighted by atomic mass is 10.3. The quantitative estimate of drug-likeness (QED) is 0.747. The molecule has 0 fully saturated rings. The number of nitrogens with zero attached hydrogens (tertiary/aromatic N) is 3. The van der Waals surface area contributed by atoms with Crippen molar-refractivity contribution in [1.82, 2.24) is 14.4 Å². The van der Waals surface area contributed by atoms with E-state index in [1.165, 1.54) is 11.3 Å². The molecule has 0 radical (unpaired) electrons. The maximum atomic E-state index is 12.4. The number of aryl methyl sites for hydroxylation is 3. The topological polar surface area (TPSA) is 47.3 Å². The van der Waals surface area contributed by atoms with Crippen molar-refractivity contribution in [2.24, 2.45) is 0 Å². The van der Waals surface area contributed by atoms with Crippen LogP contribution in [0.5, 0.6) is 0 Å². The molecule has 0 aliphatic heterocycles. The van der Waals surface area contributed by atoms with Gasteiger partial charge in [0, 0.05) is 17.3 Å². The van der Waals surface area contributed by atoms with Gasteiger partial charge in [0.25, 0.3) is 0 Å². The van der Waals surface area contributed by atoms with Crippen LogP contribution in [0.1, 0.15) is 21.8 Å². The summed E-state index contributed by atoms with van der Waals surface area (Å²) in [4.78, 5) is 10.0. The van der Waals surface area contributed by atoms with E-state index in [-0.39, 0.29) is 0 Å². The molecule has 0 aromatic carbocycles. The zero-order valence-electron chi connectivity index (χ0n) is 11.6. The highest BCUT2D eigenvalue weighted by Crippen LogP contribution is 2.22. The third-order valence-electron chi connectivity index (χ3n) is 3.21. The van der Waals surface area contributed by atoms with E-state index >= 15 is 0 Å². The van der Waals surface area contributed by atoms with Gasteiger partial charge in [0.1, 0.15) is 5.65 Å². The Balaban J connectivity index is 1.89. The van der Waals surface area contributed by atoms with Gasteiger partial charge in [0.2, 0.25) is 0 Å². The molecule has 0 spiro atoms. The second kappa shape index (κ2) is 5.10. The van der Waals surface area contributed by atoms with Crippen LogP contribution in [0.2, 0.25) is 0 Å². The molecule has 0 N–H and O–H groups in total. The zero-order valence-corrected chi connectivity index (χ0v) is 13.2. The zero-order chi connectivity index (χ0) is 14.3. The fraction of sp³-hybridized carbons (Fsp3) is 0.286. The van der Waals surface area contributed by atoms with Gasteiger partial charge in [-0.3, -0.25) is 4.21 Å². The molecule has 3 heterocycles. The van der Waals surface area contributed by atoms with Gasteiger partial charge < -0.3 is 4.40 Å². The van der Waals surface area contributed by atoms with Crippen molar-refractivity contribution in [3.8, 4) is 0 Å². The van der Waals surface area contributed by atoms with Gasteiger partial charge in [-0.1, -0.05) is 6.07 Å². The Bertz CT molecular complexity index is 784. The fourth-order valence-corrected chi connectivity index (χ4v) is 4.34. The molecule has 3 aromatic heterocycles. The lowest BCUT2D eigenvalue weighted by Gasteiger charge is -1.94. The first-order valence-corrected chi connectivity index (χ1v) is 8.44. The van der Waals surface area contributed by atoms with Gasteiger partial charge in [-0.25, -0.2) is 9.97 Å². The van der Waals surface area contributed by atoms with E-state index in [1.807, 2.05) is 49.7 Å². The van der Waals surface area contributed by atoms with Crippen LogP contribution in [0.15, 0.2) is 28.9 Å². The summed E-state index contributed by atoms with van der Waals surface area (Å²) >= 11 is 1.51. The average molecular weight is 305 g/mol. The number of imidazole rings is 1. The Morgan fingerprint density at radius 1 is 1.30 bits per heavy atom. The van der Waals surface area contributed by atoms with Gasteiger partial charge in [-0.15, -0.1) is 11.3 Å². The number of pyridine rings is 1. The first kappa shape index (κ1) is 13.5. The summed E-state index contributed by atoms with van der Waals surface area (Å²) < 4.78 is 15.0. The summed E-state index contributed by atoms with van der Waals surface area (Å²) in [6, 6.07) is 4.01. The van der Waals surface area contributed by atoms with Gasteiger partial charge in [-0.2, -0.15) is 0 Å². The maximum absolute atomic E-state index is 12.4. The van der Waals surface area contributed by atoms with Crippen LogP contribution >= 0.6 is 11.3 Å². The van der Waals surface area contributed by atoms with Crippen molar-refractivity contribution in [3.05, 3.63) is 46.4 Å². The van der Waals surface area contributed by atoms with E-state index in [2.05, 4.69) is 9.97 Å². The molecule has 3 rings (SSSR count). The summed E-state index contributed by atoms with van der Waals surface area (Å²) in [7, 11) is -1.13. The van der Waals surface area contributed by atoms with Crippen molar-refractivity contribution in [2.45, 2.75) is 30.9 Å². The van der Waals surface area contributed by atoms with Crippen LogP contribution in [0.3, 0.4) is 0 Å². The largest absolute Gasteiger partial charge is 0.307 e. The Morgan fingerprint density at radius 3 is 2.75 bits per heavy atom. The SMILES string of the molecule is Cc1nc([S@](=O)Cc2cn3cccc(C)c3n2)sc1C. The molecule has 0 aliphatic carbocycles. The van der Waals surface area contributed by atoms with Crippen molar-refractivity contribution >= 4 is 27.8 Å². The standard InChI is InChI=1S/C14H15N3OS2/c1-9-5-4-6-17-7-12(16-13(9)17)8-20(18)14-15-10(2)11(3)19-14/h4-7H,8H2,1-3H3/t20-/m1/s1. The van der Waals surface area contributed by atoms with E-state index in [0.29, 0.717) is 10.1 Å². The molecule has 20 heavy (non-hydrogen) atoms. The highest BCUT2D eigenvalue weighted by molar-refractivity contribution is 7.86. The normalized spacial score (nSPS) is 12.9. The summed E-state index contributed by atoms with van der Waals surface area (Å²) in [5.74, 6) is 0.410. The minimum absolute atomic E-state index is 0.410. The Morgan fingerprint density at radius 2 is 2.10 bits per heavy atom. The molecule has 0 aliphatic rings. The number of thiazole rings is 1. The van der Waals surface area contributed by atoms with Crippen LogP contribution in [-0.4, -0.2) is 18.6 Å². The maximum Gasteiger partial charge on any atom is 0.181 e. The molecule has 0 saturated carbocycles. The van der Waals surface area contributed by atoms with Crippen molar-refractivity contribution in [2.75, 3.05) is 0 Å². The number of aromatic nitrogens is 3. The Hall–Kier alpha value is -1.53. The molecule has 0 unspecified atom stereocenters. The second-order valence-corrected chi connectivity index (χ2v) is 7.59. The molecule has 0 amide bonds. The monoisotopic (exact) mass is 305 g/mol. The average Bonchev–Trinajstić information content (AvgIpc) is 2.95. The van der Waals surface area contributed by atoms with Crippen LogP contribution in [-0.2, 0) is 16.6 Å². The molecule has 4 nitrogen and oxygen atoms in total. The molecule has 1 atom stereocenters. The van der Waals surface area contributed by atoms with Gasteiger partial charge in [0.05, 0.1) is 27.9 Å². The van der Waals surface area contributed by atoms with Crippen LogP contribution in [0.4, 0.5) is 0 Å². The van der Waals surface area contributed by atoms with E-state index in [1.54, 1.807) is 0 Å². The lowest BCUT2D eigenvalue weighted by Crippen LogP contribution is -1.96. The molecular formula is C14H15N3OS2. The third-order valence-corrected chi connectivity index (χ3v) is 5.92. The highest BCUT2D eigenvalue weighted by Gasteiger charge is 2.14. The van der Waals surface area contributed by atoms with Gasteiger partial charge in [-0.05, 0) is 32.4 Å². The summed E-state index contributed by atoms with van der Waals surface area (Å²) in [6.45, 7) is 5.97. The molecule has 3 aromatic rings. The van der Waals surface area contributed by atoms with E-state index < -0.39 is 10.8 Å². The first-order chi connectivity index (χ1) is 9.54. The number of hydrogen-bond acceptors (Lipinski definition) is 4. The van der Waals surface area contributed by atoms with E-state index in [4.69, 9.17) is 0 Å². The Labute approximate surface area is 124 Å². The van der Waals surface area contributed by atoms with Crippen molar-refractivity contribution in [3.63, 3.8) is 0 Å². The number of rotatable bonds is 3. The highest BCUT2D eigenvalue weighted by atomic mass is 32.2. The fourth-order valence-electron chi connectivity index (χ4n) is 2.01. The summed E-state index contributed by atoms with van der Waals surface area (Å²) in [5, 5.41) is 0. The van der Waals surface area contributed by atoms with Crippen LogP contribution < -0.4 is 0 Å². The minimum atomic E-state index is -1.13. The molecular weight excluding hydrogens is 290 g/mol. The van der Waals surface area contributed by atoms with Gasteiger partial charge in [0.15, 0.2) is 4.34 Å². The van der Waals surface area contributed by atoms with Crippen LogP contribution in [0.25, 0.3) is 5.65 Å². The number of hydrogen-bond donors (Lipinski definition) is 0. The number of fused-ring (bicyclic) bond motifs is 1. The smallest absolute Gasteiger partial charge is 0.181 e. The Kier molecular flexibility index (Phi) is 3.43. The van der Waals surface area contributed by atoms with Crippen molar-refractivity contribution < 1.29 is 4.21 Å². The molecule has 0 saturated heterocycles. The molecule has 6 heteroatoms. The van der Waals surface area contributed by atoms with E-state index in [9.17, 15) is 4.21 Å². The summed E-state index contributed by atoms with van der Waals surface area (Å²) in [6.07, 6.45) is 3.90. The lowest BCUT2D eigenvalue weighted by molar-refractivity contribution is 0.681. The predicted molar refractivity (Wildman–Crippen MR) is 81.6 cm³/mol. The molecule has 0 bridgehead atoms. The van der Waals surface area contributed by atoms with Crippen molar-refractivity contribution in [1.29, 1.82) is 0 Å².